The van der Waals surface area contributed by atoms with Gasteiger partial charge in [0.05, 0.1) is 12.8 Å². The number of thiazole rings is 1. The third kappa shape index (κ3) is 4.19. The first-order valence-corrected chi connectivity index (χ1v) is 11.7. The molecule has 3 amide bonds. The lowest BCUT2D eigenvalue weighted by Gasteiger charge is -2.27. The van der Waals surface area contributed by atoms with Gasteiger partial charge >= 0.3 is 5.97 Å². The van der Waals surface area contributed by atoms with Crippen molar-refractivity contribution in [1.29, 1.82) is 0 Å². The Balaban J connectivity index is 1.19. The summed E-state index contributed by atoms with van der Waals surface area (Å²) in [6.45, 7) is 0.137. The van der Waals surface area contributed by atoms with Crippen molar-refractivity contribution in [2.24, 2.45) is 0 Å². The Morgan fingerprint density at radius 1 is 1.11 bits per heavy atom. The number of nitrogens with zero attached hydrogens (tertiary/aromatic N) is 2. The smallest absolute Gasteiger partial charge is 0.354 e. The molecule has 0 bridgehead atoms. The number of hydrogen-bond acceptors (Lipinski definition) is 7. The summed E-state index contributed by atoms with van der Waals surface area (Å²) in [6, 6.07) is 12.4. The highest BCUT2D eigenvalue weighted by Crippen LogP contribution is 2.30. The highest BCUT2D eigenvalue weighted by molar-refractivity contribution is 7.14. The molecule has 2 aromatic heterocycles. The van der Waals surface area contributed by atoms with Crippen LogP contribution in [0.5, 0.6) is 0 Å². The van der Waals surface area contributed by atoms with Gasteiger partial charge in [-0.1, -0.05) is 24.3 Å². The average Bonchev–Trinajstić information content (AvgIpc) is 3.54. The van der Waals surface area contributed by atoms with Gasteiger partial charge in [-0.05, 0) is 30.0 Å². The molecule has 2 N–H and O–H groups in total. The van der Waals surface area contributed by atoms with E-state index in [4.69, 9.17) is 0 Å². The fourth-order valence-corrected chi connectivity index (χ4v) is 4.83. The number of ether oxygens (including phenoxy) is 1. The number of H-pyrrole nitrogens is 1. The van der Waals surface area contributed by atoms with Crippen LogP contribution in [0.3, 0.4) is 0 Å². The normalized spacial score (nSPS) is 12.8. The lowest BCUT2D eigenvalue weighted by atomic mass is 9.94. The van der Waals surface area contributed by atoms with Crippen LogP contribution in [-0.2, 0) is 9.53 Å². The van der Waals surface area contributed by atoms with Crippen LogP contribution in [0.4, 0.5) is 5.13 Å². The molecule has 0 spiro atoms. The van der Waals surface area contributed by atoms with E-state index in [1.165, 1.54) is 23.3 Å². The molecule has 1 aliphatic heterocycles. The molecule has 176 valence electrons. The van der Waals surface area contributed by atoms with Gasteiger partial charge in [-0.15, -0.1) is 11.3 Å². The van der Waals surface area contributed by atoms with E-state index >= 15 is 0 Å². The maximum absolute atomic E-state index is 12.9. The minimum Gasteiger partial charge on any atom is -0.464 e. The summed E-state index contributed by atoms with van der Waals surface area (Å²) in [5.74, 6) is -1.44. The Labute approximate surface area is 203 Å². The lowest BCUT2D eigenvalue weighted by Crippen LogP contribution is -2.41. The number of anilines is 1. The number of amides is 3. The Morgan fingerprint density at radius 3 is 2.51 bits per heavy atom. The average molecular weight is 489 g/mol. The highest BCUT2D eigenvalue weighted by atomic mass is 32.1. The molecule has 0 aliphatic carbocycles. The van der Waals surface area contributed by atoms with Crippen LogP contribution in [-0.4, -0.2) is 52.2 Å². The third-order valence-corrected chi connectivity index (χ3v) is 6.53. The maximum Gasteiger partial charge on any atom is 0.354 e. The van der Waals surface area contributed by atoms with Crippen LogP contribution >= 0.6 is 11.3 Å². The molecule has 0 saturated carbocycles. The number of nitrogens with one attached hydrogen (secondary N) is 2. The molecule has 35 heavy (non-hydrogen) atoms. The Morgan fingerprint density at radius 2 is 1.83 bits per heavy atom. The zero-order chi connectivity index (χ0) is 24.5. The van der Waals surface area contributed by atoms with E-state index in [1.54, 1.807) is 41.9 Å². The number of carbonyl (C=O) groups excluding carboxylic acids is 4. The molecule has 2 aromatic carbocycles. The van der Waals surface area contributed by atoms with E-state index in [2.05, 4.69) is 20.0 Å². The number of esters is 1. The molecule has 10 heteroatoms. The summed E-state index contributed by atoms with van der Waals surface area (Å²) in [4.78, 5) is 58.4. The van der Waals surface area contributed by atoms with Crippen molar-refractivity contribution in [3.63, 3.8) is 0 Å². The first kappa shape index (κ1) is 22.5. The predicted octanol–water partition coefficient (Wildman–Crippen LogP) is 4.09. The third-order valence-electron chi connectivity index (χ3n) is 5.78. The summed E-state index contributed by atoms with van der Waals surface area (Å²) in [5.41, 5.74) is 2.60. The number of hydrogen-bond donors (Lipinski definition) is 2. The summed E-state index contributed by atoms with van der Waals surface area (Å²) in [6.07, 6.45) is 2.08. The topological polar surface area (TPSA) is 121 Å². The van der Waals surface area contributed by atoms with Crippen LogP contribution in [0.15, 0.2) is 54.0 Å². The molecular weight excluding hydrogens is 468 g/mol. The van der Waals surface area contributed by atoms with Gasteiger partial charge in [-0.2, -0.15) is 0 Å². The zero-order valence-corrected chi connectivity index (χ0v) is 19.5. The molecule has 0 radical (unpaired) electrons. The van der Waals surface area contributed by atoms with Gasteiger partial charge in [0.2, 0.25) is 5.91 Å². The Bertz CT molecular complexity index is 1440. The van der Waals surface area contributed by atoms with Crippen LogP contribution < -0.4 is 5.32 Å². The number of rotatable bonds is 7. The van der Waals surface area contributed by atoms with Gasteiger partial charge in [-0.25, -0.2) is 9.78 Å². The summed E-state index contributed by atoms with van der Waals surface area (Å²) >= 11 is 1.26. The second-order valence-electron chi connectivity index (χ2n) is 7.95. The van der Waals surface area contributed by atoms with Gasteiger partial charge < -0.3 is 15.0 Å². The molecule has 0 saturated heterocycles. The van der Waals surface area contributed by atoms with Crippen LogP contribution in [0.25, 0.3) is 22.0 Å². The molecular formula is C25H20N4O5S. The van der Waals surface area contributed by atoms with Gasteiger partial charge in [0.25, 0.3) is 11.8 Å². The monoisotopic (exact) mass is 488 g/mol. The first-order valence-electron chi connectivity index (χ1n) is 10.9. The van der Waals surface area contributed by atoms with E-state index in [9.17, 15) is 19.2 Å². The maximum atomic E-state index is 12.9. The van der Waals surface area contributed by atoms with Crippen molar-refractivity contribution in [3.8, 4) is 11.3 Å². The second-order valence-corrected chi connectivity index (χ2v) is 8.81. The Hall–Kier alpha value is -4.31. The van der Waals surface area contributed by atoms with Crippen molar-refractivity contribution in [2.75, 3.05) is 19.0 Å². The molecule has 0 atom stereocenters. The molecule has 0 unspecified atom stereocenters. The van der Waals surface area contributed by atoms with Gasteiger partial charge in [-0.3, -0.25) is 19.3 Å². The van der Waals surface area contributed by atoms with Crippen molar-refractivity contribution in [2.45, 2.75) is 12.8 Å². The summed E-state index contributed by atoms with van der Waals surface area (Å²) in [7, 11) is 1.30. The number of benzene rings is 2. The largest absolute Gasteiger partial charge is 0.464 e. The number of carbonyl (C=O) groups is 4. The molecule has 5 rings (SSSR count). The van der Waals surface area contributed by atoms with E-state index in [0.717, 1.165) is 5.39 Å². The predicted molar refractivity (Wildman–Crippen MR) is 130 cm³/mol. The summed E-state index contributed by atoms with van der Waals surface area (Å²) in [5, 5.41) is 6.46. The molecule has 1 aliphatic rings. The molecule has 4 aromatic rings. The van der Waals surface area contributed by atoms with Crippen LogP contribution in [0.1, 0.15) is 44.0 Å². The SMILES string of the molecule is COC(=O)c1cc(-c2csc(NC(=O)CCCN3C(=O)c4cccc5cccc(c45)C3=O)n2)c[nH]1. The van der Waals surface area contributed by atoms with Crippen molar-refractivity contribution >= 4 is 50.9 Å². The molecule has 0 fully saturated rings. The van der Waals surface area contributed by atoms with E-state index in [0.29, 0.717) is 45.0 Å². The standard InChI is InChI=1S/C25H20N4O5S/c1-34-24(33)18-11-15(12-26-18)19-13-35-25(27-19)28-20(30)9-4-10-29-22(31)16-7-2-5-14-6-3-8-17(21(14)16)23(29)32/h2-3,5-8,11-13,26H,4,9-10H2,1H3,(H,27,28,30). The van der Waals surface area contributed by atoms with E-state index < -0.39 is 5.97 Å². The highest BCUT2D eigenvalue weighted by Gasteiger charge is 2.32. The van der Waals surface area contributed by atoms with Gasteiger partial charge in [0.1, 0.15) is 5.69 Å². The van der Waals surface area contributed by atoms with Crippen molar-refractivity contribution < 1.29 is 23.9 Å². The van der Waals surface area contributed by atoms with Crippen LogP contribution in [0.2, 0.25) is 0 Å². The summed E-state index contributed by atoms with van der Waals surface area (Å²) < 4.78 is 4.68. The lowest BCUT2D eigenvalue weighted by molar-refractivity contribution is -0.116. The fourth-order valence-electron chi connectivity index (χ4n) is 4.10. The van der Waals surface area contributed by atoms with Crippen molar-refractivity contribution in [1.82, 2.24) is 14.9 Å². The second kappa shape index (κ2) is 9.15. The van der Waals surface area contributed by atoms with Gasteiger partial charge in [0.15, 0.2) is 5.13 Å². The molecule has 9 nitrogen and oxygen atoms in total. The minimum absolute atomic E-state index is 0.120. The minimum atomic E-state index is -0.481. The van der Waals surface area contributed by atoms with Crippen molar-refractivity contribution in [3.05, 3.63) is 70.9 Å². The number of methoxy groups -OCH3 is 1. The van der Waals surface area contributed by atoms with E-state index in [1.807, 2.05) is 12.1 Å². The zero-order valence-electron chi connectivity index (χ0n) is 18.7. The van der Waals surface area contributed by atoms with E-state index in [-0.39, 0.29) is 30.7 Å². The fraction of sp³-hybridized carbons (Fsp3) is 0.160. The quantitative estimate of drug-likeness (QED) is 0.298. The first-order chi connectivity index (χ1) is 17.0. The number of aromatic amines is 1. The molecule has 3 heterocycles. The number of aromatic nitrogens is 2. The van der Waals surface area contributed by atoms with Gasteiger partial charge in [0, 0.05) is 46.6 Å². The van der Waals surface area contributed by atoms with Crippen LogP contribution in [0, 0.1) is 0 Å². The number of imide groups is 1. The Kier molecular flexibility index (Phi) is 5.87.